The highest BCUT2D eigenvalue weighted by Gasteiger charge is 2.28. The van der Waals surface area contributed by atoms with Crippen molar-refractivity contribution in [3.63, 3.8) is 0 Å². The van der Waals surface area contributed by atoms with Crippen LogP contribution in [0.2, 0.25) is 0 Å². The molecule has 6 aromatic heterocycles. The number of carbonyl (C=O) groups is 4. The molecule has 0 spiro atoms. The summed E-state index contributed by atoms with van der Waals surface area (Å²) in [7, 11) is 14.8. The number of benzene rings is 11. The van der Waals surface area contributed by atoms with Gasteiger partial charge in [0, 0.05) is 231 Å². The van der Waals surface area contributed by atoms with Gasteiger partial charge in [0.05, 0.1) is 41.0 Å². The van der Waals surface area contributed by atoms with Crippen LogP contribution in [0.5, 0.6) is 0 Å². The van der Waals surface area contributed by atoms with Crippen LogP contribution in [-0.2, 0) is 14.4 Å². The van der Waals surface area contributed by atoms with Crippen LogP contribution in [0.3, 0.4) is 0 Å². The first-order valence-corrected chi connectivity index (χ1v) is 46.3. The van der Waals surface area contributed by atoms with Crippen LogP contribution >= 0.6 is 158 Å². The van der Waals surface area contributed by atoms with Crippen LogP contribution in [0.25, 0.3) is 121 Å². The number of nitrogens with zero attached hydrogens (tertiary/aromatic N) is 6. The quantitative estimate of drug-likeness (QED) is 0.0120. The Morgan fingerprint density at radius 2 is 0.641 bits per heavy atom. The van der Waals surface area contributed by atoms with Gasteiger partial charge in [0.1, 0.15) is 11.8 Å². The predicted molar refractivity (Wildman–Crippen MR) is 483 cm³/mol. The first-order valence-electron chi connectivity index (χ1n) is 32.7. The van der Waals surface area contributed by atoms with Gasteiger partial charge in [-0.15, -0.1) is 127 Å². The largest absolute Gasteiger partial charge is 0.643 e. The minimum atomic E-state index is -1.72. The lowest BCUT2D eigenvalue weighted by atomic mass is 10.0. The highest BCUT2D eigenvalue weighted by molar-refractivity contribution is 8.00. The number of nitrogen functional groups attached to an aromatic ring is 3. The van der Waals surface area contributed by atoms with Crippen LogP contribution in [0.15, 0.2) is 191 Å². The smallest absolute Gasteiger partial charge is 0.481 e. The number of thiol groups is 1. The van der Waals surface area contributed by atoms with Crippen molar-refractivity contribution < 1.29 is 64.0 Å². The third-order valence-corrected chi connectivity index (χ3v) is 26.6. The van der Waals surface area contributed by atoms with Gasteiger partial charge < -0.3 is 32.5 Å². The van der Waals surface area contributed by atoms with Crippen molar-refractivity contribution in [2.24, 2.45) is 0 Å². The summed E-state index contributed by atoms with van der Waals surface area (Å²) in [6.45, 7) is 0. The first kappa shape index (κ1) is 87.5. The Hall–Kier alpha value is -10.3. The van der Waals surface area contributed by atoms with E-state index in [0.29, 0.717) is 16.2 Å². The lowest BCUT2D eigenvalue weighted by molar-refractivity contribution is -0.385. The Kier molecular flexibility index (Phi) is 28.4. The number of Topliss-reactive ketones (excluding diaryl/α,β-unsaturated/α-hetero) is 1. The van der Waals surface area contributed by atoms with E-state index in [1.54, 1.807) is 54.6 Å². The summed E-state index contributed by atoms with van der Waals surface area (Å²) in [6, 6.07) is 49.2. The van der Waals surface area contributed by atoms with Crippen LogP contribution < -0.4 is 17.2 Å². The molecule has 0 fully saturated rings. The SMILES string of the molecule is Nc1ccc2sc3c(c2c1)c1sc2ccc(N)cc2c1c1sc2ccc(N)cc2c31.O=C(O)CCl.O=C(O)CCl.O=C(O)CSc1ccc([N+](=O)[O-])cc1.O=C1CSc2ccc([N+](=O)[O-])cc21.O=[N+]([O-])c1ccc(S)cc1.O=[N+]([O-])c1ccc2sc3c(c2c1)c1sc2ccc([N+](=O)[O-])cc2c1c1sc2ccc([N+](=O)[O-])cc2c31.[Cl][Al]([Cl])[Cl]. The van der Waals surface area contributed by atoms with Gasteiger partial charge in [-0.25, -0.2) is 30.1 Å². The zero-order valence-electron chi connectivity index (χ0n) is 58.5. The number of hydrogen-bond donors (Lipinski definition) is 7. The number of thioether (sulfide) groups is 2. The number of rotatable bonds is 11. The van der Waals surface area contributed by atoms with E-state index in [1.807, 2.05) is 52.2 Å². The molecular formula is C74H47AlCl5N9O19S9. The monoisotopic (exact) mass is 1850 g/mol. The summed E-state index contributed by atoms with van der Waals surface area (Å²) >= 11 is 24.3. The average molecular weight is 1860 g/mol. The van der Waals surface area contributed by atoms with E-state index >= 15 is 0 Å². The van der Waals surface area contributed by atoms with E-state index in [2.05, 4.69) is 49.0 Å². The summed E-state index contributed by atoms with van der Waals surface area (Å²) < 4.78 is 13.0. The lowest BCUT2D eigenvalue weighted by Crippen LogP contribution is -1.97. The number of anilines is 3. The van der Waals surface area contributed by atoms with Gasteiger partial charge in [-0.3, -0.25) is 79.9 Å². The molecule has 0 radical (unpaired) electrons. The standard InChI is InChI=1S/C24H9N3O6S3.C24H15N3S3.C8H7NO4S.C8H5NO3S.C6H5NO2S.2C2H3ClO2.Al.3ClH/c28-25(29)10-1-4-16-13(7-10)19-22(34-16)20-14-8-11(26(30)31)2-5-17(14)36-24(20)21-15-9-12(27(32)33)3-6-18(15)35-23(19)21;25-10-1-4-16-13(7-10)19-22(28-16)20-14-8-11(26)2-5-17(14)30-24(20)21-15-9-12(27)3-6-18(15)29-23(19)21;10-8(11)5-14-7-3-1-6(2-4-7)9(12)13;10-7-4-13-8-2-1-5(9(11)12)3-6(7)8;8-7(9)5-1-3-6(10)4-2-5;2*3-1-2(4)5;;;;/h1-9H;1-9H,25-27H2;1-4H,5H2,(H,10,11);1-3H,4H2;1-4,10H;2*1H2,(H,4,5);;3*1H/q;;;;;;;+3;;;/p-3. The van der Waals surface area contributed by atoms with Gasteiger partial charge in [-0.1, -0.05) is 0 Å². The fraction of sp³-hybridized carbons (Fsp3) is 0.0541. The van der Waals surface area contributed by atoms with Crippen molar-refractivity contribution >= 4 is 365 Å². The highest BCUT2D eigenvalue weighted by Crippen LogP contribution is 2.56. The molecule has 11 aromatic carbocycles. The fourth-order valence-corrected chi connectivity index (χ4v) is 21.6. The Balaban J connectivity index is 0.000000148. The van der Waals surface area contributed by atoms with Crippen LogP contribution in [0.1, 0.15) is 10.4 Å². The molecule has 0 unspecified atom stereocenters. The van der Waals surface area contributed by atoms with Gasteiger partial charge in [0.15, 0.2) is 5.78 Å². The first-order chi connectivity index (χ1) is 55.6. The number of non-ortho nitro benzene ring substituents is 6. The molecule has 1 aliphatic heterocycles. The molecule has 594 valence electrons. The third kappa shape index (κ3) is 19.9. The molecule has 0 saturated carbocycles. The lowest BCUT2D eigenvalue weighted by Gasteiger charge is -2.01. The number of nitro benzene ring substituents is 6. The number of nitrogens with two attached hydrogens (primary N) is 3. The topological polar surface area (TPSA) is 466 Å². The maximum Gasteiger partial charge on any atom is 0.643 e. The summed E-state index contributed by atoms with van der Waals surface area (Å²) in [4.78, 5) is 105. The molecule has 0 aliphatic carbocycles. The van der Waals surface area contributed by atoms with Gasteiger partial charge in [-0.05, 0) is 103 Å². The van der Waals surface area contributed by atoms with Crippen LogP contribution in [-0.4, -0.2) is 103 Å². The maximum absolute atomic E-state index is 11.5. The second kappa shape index (κ2) is 37.9. The van der Waals surface area contributed by atoms with Gasteiger partial charge in [0.2, 0.25) is 0 Å². The molecule has 28 nitrogen and oxygen atoms in total. The number of carboxylic acids is 3. The minimum absolute atomic E-state index is 0.00433. The molecule has 17 aromatic rings. The highest BCUT2D eigenvalue weighted by atomic mass is 35.8. The summed E-state index contributed by atoms with van der Waals surface area (Å²) in [5, 5.41) is 101. The second-order valence-corrected chi connectivity index (χ2v) is 39.9. The van der Waals surface area contributed by atoms with E-state index in [4.69, 9.17) is 85.9 Å². The number of carboxylic acid groups (broad SMARTS) is 3. The molecule has 0 amide bonds. The molecule has 7 heterocycles. The molecule has 117 heavy (non-hydrogen) atoms. The second-order valence-electron chi connectivity index (χ2n) is 24.1. The number of carbonyl (C=O) groups excluding carboxylic acids is 1. The molecule has 43 heteroatoms. The van der Waals surface area contributed by atoms with E-state index in [-0.39, 0.29) is 57.4 Å². The maximum atomic E-state index is 11.5. The number of alkyl halides is 2. The zero-order chi connectivity index (χ0) is 84.7. The predicted octanol–water partition coefficient (Wildman–Crippen LogP) is 23.9. The van der Waals surface area contributed by atoms with Gasteiger partial charge in [0.25, 0.3) is 34.1 Å². The third-order valence-electron chi connectivity index (χ3n) is 16.7. The normalized spacial score (nSPS) is 11.3. The van der Waals surface area contributed by atoms with Crippen molar-refractivity contribution in [3.05, 3.63) is 242 Å². The number of halogens is 5. The molecule has 0 atom stereocenters. The zero-order valence-corrected chi connectivity index (χ0v) is 70.9. The van der Waals surface area contributed by atoms with Crippen molar-refractivity contribution in [1.29, 1.82) is 0 Å². The minimum Gasteiger partial charge on any atom is -0.481 e. The molecular weight excluding hydrogens is 1810 g/mol. The van der Waals surface area contributed by atoms with Crippen LogP contribution in [0, 0.1) is 60.7 Å². The van der Waals surface area contributed by atoms with Crippen molar-refractivity contribution in [3.8, 4) is 0 Å². The van der Waals surface area contributed by atoms with E-state index in [1.165, 1.54) is 173 Å². The van der Waals surface area contributed by atoms with Crippen molar-refractivity contribution in [1.82, 2.24) is 0 Å². The van der Waals surface area contributed by atoms with Crippen molar-refractivity contribution in [2.75, 3.05) is 40.5 Å². The number of nitro groups is 6. The van der Waals surface area contributed by atoms with E-state index in [0.717, 1.165) is 99.1 Å². The summed E-state index contributed by atoms with van der Waals surface area (Å²) in [5.74, 6) is -3.15. The average Bonchev–Trinajstić information content (AvgIpc) is 1.54. The Morgan fingerprint density at radius 3 is 0.915 bits per heavy atom. The fourth-order valence-electron chi connectivity index (χ4n) is 11.9. The van der Waals surface area contributed by atoms with E-state index < -0.39 is 58.8 Å². The number of hydrogen-bond acceptors (Lipinski definition) is 28. The molecule has 0 saturated heterocycles. The molecule has 18 rings (SSSR count). The number of ketones is 1. The molecule has 0 bridgehead atoms. The van der Waals surface area contributed by atoms with Crippen molar-refractivity contribution in [2.45, 2.75) is 14.7 Å². The molecule has 9 N–H and O–H groups in total. The summed E-state index contributed by atoms with van der Waals surface area (Å²) in [5.41, 5.74) is 21.4. The van der Waals surface area contributed by atoms with Crippen LogP contribution in [0.4, 0.5) is 51.2 Å². The Bertz CT molecular complexity index is 6400. The van der Waals surface area contributed by atoms with E-state index in [9.17, 15) is 79.9 Å². The summed E-state index contributed by atoms with van der Waals surface area (Å²) in [6.07, 6.45) is 0. The van der Waals surface area contributed by atoms with Gasteiger partial charge in [-0.2, -0.15) is 0 Å². The Morgan fingerprint density at radius 1 is 0.393 bits per heavy atom. The number of aliphatic carboxylic acids is 3. The molecule has 1 aliphatic rings. The Labute approximate surface area is 719 Å². The van der Waals surface area contributed by atoms with Gasteiger partial charge >= 0.3 is 29.3 Å². The number of fused-ring (bicyclic) bond motifs is 25. The number of thiophene rings is 6.